The van der Waals surface area contributed by atoms with Gasteiger partial charge in [-0.2, -0.15) is 0 Å². The standard InChI is InChI=1S/C25H19FN4O3/c1-2-21(31)30-19-9-6-10-20(23(19)26)33-25-22(24(27)28-15-29-25)16-11-13-18(14-12-16)32-17-7-4-3-5-8-17/h2-15H,1H2,(H,30,31)(H2,27,28,29). The molecule has 3 N–H and O–H groups in total. The summed E-state index contributed by atoms with van der Waals surface area (Å²) in [6.45, 7) is 3.36. The minimum absolute atomic E-state index is 0.0524. The molecule has 0 aliphatic heterocycles. The number of nitrogen functional groups attached to an aromatic ring is 1. The largest absolute Gasteiger partial charge is 0.457 e. The first-order chi connectivity index (χ1) is 16.0. The number of nitrogens with one attached hydrogen (secondary N) is 1. The van der Waals surface area contributed by atoms with E-state index < -0.39 is 11.7 Å². The number of nitrogens with zero attached hydrogens (tertiary/aromatic N) is 2. The van der Waals surface area contributed by atoms with Gasteiger partial charge in [0.2, 0.25) is 11.8 Å². The van der Waals surface area contributed by atoms with Crippen molar-refractivity contribution >= 4 is 17.4 Å². The third kappa shape index (κ3) is 4.96. The van der Waals surface area contributed by atoms with Crippen LogP contribution in [0.25, 0.3) is 11.1 Å². The molecule has 1 amide bonds. The van der Waals surface area contributed by atoms with E-state index in [4.69, 9.17) is 15.2 Å². The summed E-state index contributed by atoms with van der Waals surface area (Å²) >= 11 is 0. The highest BCUT2D eigenvalue weighted by Gasteiger charge is 2.18. The molecule has 1 heterocycles. The van der Waals surface area contributed by atoms with Crippen LogP contribution in [0.4, 0.5) is 15.9 Å². The Kier molecular flexibility index (Phi) is 6.26. The van der Waals surface area contributed by atoms with Crippen molar-refractivity contribution < 1.29 is 18.7 Å². The van der Waals surface area contributed by atoms with Crippen molar-refractivity contribution in [3.05, 3.63) is 97.6 Å². The number of aromatic nitrogens is 2. The van der Waals surface area contributed by atoms with Gasteiger partial charge in [0.25, 0.3) is 0 Å². The molecule has 0 saturated heterocycles. The summed E-state index contributed by atoms with van der Waals surface area (Å²) in [5.41, 5.74) is 7.09. The highest BCUT2D eigenvalue weighted by molar-refractivity contribution is 5.99. The molecule has 1 aromatic heterocycles. The first kappa shape index (κ1) is 21.5. The fourth-order valence-electron chi connectivity index (χ4n) is 3.02. The second-order valence-corrected chi connectivity index (χ2v) is 6.79. The normalized spacial score (nSPS) is 10.3. The molecule has 0 unspecified atom stereocenters. The van der Waals surface area contributed by atoms with Crippen molar-refractivity contribution in [3.63, 3.8) is 0 Å². The number of hydrogen-bond donors (Lipinski definition) is 2. The molecule has 4 aromatic rings. The van der Waals surface area contributed by atoms with Crippen LogP contribution in [0.3, 0.4) is 0 Å². The van der Waals surface area contributed by atoms with Crippen LogP contribution in [0, 0.1) is 5.82 Å². The number of halogens is 1. The van der Waals surface area contributed by atoms with Gasteiger partial charge >= 0.3 is 0 Å². The van der Waals surface area contributed by atoms with Crippen molar-refractivity contribution in [3.8, 4) is 34.3 Å². The Labute approximate surface area is 189 Å². The van der Waals surface area contributed by atoms with Gasteiger partial charge in [0.15, 0.2) is 11.6 Å². The Morgan fingerprint density at radius 2 is 1.67 bits per heavy atom. The summed E-state index contributed by atoms with van der Waals surface area (Å²) in [6.07, 6.45) is 2.27. The van der Waals surface area contributed by atoms with Crippen LogP contribution < -0.4 is 20.5 Å². The number of carbonyl (C=O) groups is 1. The quantitative estimate of drug-likeness (QED) is 0.363. The SMILES string of the molecule is C=CC(=O)Nc1cccc(Oc2ncnc(N)c2-c2ccc(Oc3ccccc3)cc2)c1F. The molecule has 33 heavy (non-hydrogen) atoms. The lowest BCUT2D eigenvalue weighted by atomic mass is 10.1. The third-order valence-corrected chi connectivity index (χ3v) is 4.58. The van der Waals surface area contributed by atoms with Crippen LogP contribution in [0.15, 0.2) is 91.8 Å². The average molecular weight is 442 g/mol. The molecule has 164 valence electrons. The van der Waals surface area contributed by atoms with Crippen LogP contribution in [0.1, 0.15) is 0 Å². The molecule has 8 heteroatoms. The maximum atomic E-state index is 14.9. The summed E-state index contributed by atoms with van der Waals surface area (Å²) < 4.78 is 26.4. The number of ether oxygens (including phenoxy) is 2. The van der Waals surface area contributed by atoms with Gasteiger partial charge in [0.05, 0.1) is 11.3 Å². The zero-order valence-electron chi connectivity index (χ0n) is 17.4. The minimum Gasteiger partial charge on any atom is -0.457 e. The van der Waals surface area contributed by atoms with E-state index >= 15 is 0 Å². The lowest BCUT2D eigenvalue weighted by Crippen LogP contribution is -2.09. The molecule has 0 bridgehead atoms. The molecule has 0 fully saturated rings. The lowest BCUT2D eigenvalue weighted by molar-refractivity contribution is -0.111. The molecule has 0 spiro atoms. The van der Waals surface area contributed by atoms with Crippen molar-refractivity contribution in [1.29, 1.82) is 0 Å². The van der Waals surface area contributed by atoms with E-state index in [9.17, 15) is 9.18 Å². The Bertz CT molecular complexity index is 1300. The summed E-state index contributed by atoms with van der Waals surface area (Å²) in [7, 11) is 0. The van der Waals surface area contributed by atoms with E-state index in [0.29, 0.717) is 22.6 Å². The van der Waals surface area contributed by atoms with E-state index in [0.717, 1.165) is 6.08 Å². The summed E-state index contributed by atoms with van der Waals surface area (Å²) in [4.78, 5) is 19.7. The molecule has 0 radical (unpaired) electrons. The molecule has 0 aliphatic carbocycles. The molecule has 4 rings (SSSR count). The van der Waals surface area contributed by atoms with Crippen LogP contribution >= 0.6 is 0 Å². The van der Waals surface area contributed by atoms with Gasteiger partial charge in [-0.05, 0) is 48.0 Å². The molecule has 0 aliphatic rings. The van der Waals surface area contributed by atoms with Crippen LogP contribution in [-0.4, -0.2) is 15.9 Å². The fourth-order valence-corrected chi connectivity index (χ4v) is 3.02. The number of hydrogen-bond acceptors (Lipinski definition) is 6. The van der Waals surface area contributed by atoms with Gasteiger partial charge in [-0.3, -0.25) is 4.79 Å². The summed E-state index contributed by atoms with van der Waals surface area (Å²) in [6, 6.07) is 20.8. The summed E-state index contributed by atoms with van der Waals surface area (Å²) in [5.74, 6) is 0.104. The number of nitrogens with two attached hydrogens (primary N) is 1. The number of rotatable bonds is 7. The van der Waals surface area contributed by atoms with E-state index in [1.807, 2.05) is 30.3 Å². The maximum Gasteiger partial charge on any atom is 0.247 e. The maximum absolute atomic E-state index is 14.9. The highest BCUT2D eigenvalue weighted by Crippen LogP contribution is 2.37. The second kappa shape index (κ2) is 9.61. The first-order valence-electron chi connectivity index (χ1n) is 9.88. The van der Waals surface area contributed by atoms with Crippen molar-refractivity contribution in [2.45, 2.75) is 0 Å². The molecule has 7 nitrogen and oxygen atoms in total. The number of carbonyl (C=O) groups excluding carboxylic acids is 1. The van der Waals surface area contributed by atoms with Gasteiger partial charge in [-0.15, -0.1) is 0 Å². The van der Waals surface area contributed by atoms with Crippen molar-refractivity contribution in [2.75, 3.05) is 11.1 Å². The first-order valence-corrected chi connectivity index (χ1v) is 9.88. The molecular formula is C25H19FN4O3. The Morgan fingerprint density at radius 1 is 0.939 bits per heavy atom. The lowest BCUT2D eigenvalue weighted by Gasteiger charge is -2.14. The smallest absolute Gasteiger partial charge is 0.247 e. The monoisotopic (exact) mass is 442 g/mol. The van der Waals surface area contributed by atoms with Crippen LogP contribution in [0.5, 0.6) is 23.1 Å². The van der Waals surface area contributed by atoms with E-state index in [-0.39, 0.29) is 23.1 Å². The fraction of sp³-hybridized carbons (Fsp3) is 0. The van der Waals surface area contributed by atoms with E-state index in [1.54, 1.807) is 24.3 Å². The molecule has 0 atom stereocenters. The third-order valence-electron chi connectivity index (χ3n) is 4.58. The van der Waals surface area contributed by atoms with Crippen LogP contribution in [0.2, 0.25) is 0 Å². The number of benzene rings is 3. The highest BCUT2D eigenvalue weighted by atomic mass is 19.1. The zero-order valence-corrected chi connectivity index (χ0v) is 17.4. The van der Waals surface area contributed by atoms with Gasteiger partial charge in [-0.25, -0.2) is 14.4 Å². The van der Waals surface area contributed by atoms with Gasteiger partial charge < -0.3 is 20.5 Å². The summed E-state index contributed by atoms with van der Waals surface area (Å²) in [5, 5.41) is 2.39. The van der Waals surface area contributed by atoms with Crippen molar-refractivity contribution in [2.24, 2.45) is 0 Å². The van der Waals surface area contributed by atoms with Crippen molar-refractivity contribution in [1.82, 2.24) is 9.97 Å². The van der Waals surface area contributed by atoms with E-state index in [1.165, 1.54) is 24.5 Å². The van der Waals surface area contributed by atoms with E-state index in [2.05, 4.69) is 21.9 Å². The number of para-hydroxylation sites is 1. The Balaban J connectivity index is 1.63. The molecule has 0 saturated carbocycles. The zero-order chi connectivity index (χ0) is 23.2. The van der Waals surface area contributed by atoms with Gasteiger partial charge in [-0.1, -0.05) is 43.0 Å². The van der Waals surface area contributed by atoms with Gasteiger partial charge in [0.1, 0.15) is 23.6 Å². The number of amides is 1. The Hall–Kier alpha value is -4.72. The average Bonchev–Trinajstić information content (AvgIpc) is 2.83. The van der Waals surface area contributed by atoms with Gasteiger partial charge in [0, 0.05) is 0 Å². The predicted octanol–water partition coefficient (Wildman–Crippen LogP) is 5.57. The topological polar surface area (TPSA) is 99.4 Å². The second-order valence-electron chi connectivity index (χ2n) is 6.79. The predicted molar refractivity (Wildman–Crippen MR) is 124 cm³/mol. The Morgan fingerprint density at radius 3 is 2.39 bits per heavy atom. The minimum atomic E-state index is -0.762. The number of anilines is 2. The van der Waals surface area contributed by atoms with Crippen LogP contribution in [-0.2, 0) is 4.79 Å². The molecule has 3 aromatic carbocycles. The molecular weight excluding hydrogens is 423 g/mol.